The second kappa shape index (κ2) is 7.09. The van der Waals surface area contributed by atoms with Crippen LogP contribution >= 0.6 is 0 Å². The third-order valence-corrected chi connectivity index (χ3v) is 4.60. The van der Waals surface area contributed by atoms with Gasteiger partial charge < -0.3 is 5.11 Å². The summed E-state index contributed by atoms with van der Waals surface area (Å²) in [5.74, 6) is -0.968. The summed E-state index contributed by atoms with van der Waals surface area (Å²) in [6.07, 6.45) is 5.11. The SMILES string of the molecule is C=CCCCCCS(=O)(=O)c1ccc(C(=O)O)cc1. The van der Waals surface area contributed by atoms with Crippen LogP contribution in [0.3, 0.4) is 0 Å². The summed E-state index contributed by atoms with van der Waals surface area (Å²) in [4.78, 5) is 10.9. The van der Waals surface area contributed by atoms with Crippen molar-refractivity contribution < 1.29 is 18.3 Å². The monoisotopic (exact) mass is 282 g/mol. The van der Waals surface area contributed by atoms with Crippen LogP contribution in [0.25, 0.3) is 0 Å². The molecule has 5 heteroatoms. The van der Waals surface area contributed by atoms with E-state index in [1.54, 1.807) is 0 Å². The second-order valence-electron chi connectivity index (χ2n) is 4.29. The van der Waals surface area contributed by atoms with E-state index in [-0.39, 0.29) is 16.2 Å². The van der Waals surface area contributed by atoms with Gasteiger partial charge in [0, 0.05) is 0 Å². The van der Waals surface area contributed by atoms with Crippen LogP contribution in [0, 0.1) is 0 Å². The topological polar surface area (TPSA) is 71.4 Å². The van der Waals surface area contributed by atoms with Crippen molar-refractivity contribution >= 4 is 15.8 Å². The standard InChI is InChI=1S/C14H18O4S/c1-2-3-4-5-6-11-19(17,18)13-9-7-12(8-10-13)14(15)16/h2,7-10H,1,3-6,11H2,(H,15,16). The summed E-state index contributed by atoms with van der Waals surface area (Å²) in [7, 11) is -3.31. The molecule has 1 aromatic rings. The van der Waals surface area contributed by atoms with Crippen molar-refractivity contribution in [3.63, 3.8) is 0 Å². The molecule has 4 nitrogen and oxygen atoms in total. The molecule has 104 valence electrons. The average Bonchev–Trinajstić information content (AvgIpc) is 2.38. The van der Waals surface area contributed by atoms with Crippen LogP contribution in [0.4, 0.5) is 0 Å². The number of rotatable bonds is 8. The minimum absolute atomic E-state index is 0.0879. The number of carbonyl (C=O) groups is 1. The van der Waals surface area contributed by atoms with Crippen molar-refractivity contribution in [2.45, 2.75) is 30.6 Å². The van der Waals surface area contributed by atoms with Crippen molar-refractivity contribution in [1.82, 2.24) is 0 Å². The van der Waals surface area contributed by atoms with Crippen molar-refractivity contribution in [2.75, 3.05) is 5.75 Å². The third kappa shape index (κ3) is 4.87. The van der Waals surface area contributed by atoms with Crippen LogP contribution in [0.1, 0.15) is 36.0 Å². The lowest BCUT2D eigenvalue weighted by molar-refractivity contribution is 0.0697. The molecule has 0 aromatic heterocycles. The zero-order valence-corrected chi connectivity index (χ0v) is 11.5. The van der Waals surface area contributed by atoms with E-state index in [4.69, 9.17) is 5.11 Å². The molecular formula is C14H18O4S. The van der Waals surface area contributed by atoms with E-state index in [9.17, 15) is 13.2 Å². The molecule has 0 unspecified atom stereocenters. The molecule has 0 saturated carbocycles. The van der Waals surface area contributed by atoms with Crippen LogP contribution in [-0.2, 0) is 9.84 Å². The first kappa shape index (κ1) is 15.4. The molecule has 0 heterocycles. The highest BCUT2D eigenvalue weighted by atomic mass is 32.2. The van der Waals surface area contributed by atoms with E-state index >= 15 is 0 Å². The highest BCUT2D eigenvalue weighted by molar-refractivity contribution is 7.91. The van der Waals surface area contributed by atoms with Gasteiger partial charge in [0.15, 0.2) is 9.84 Å². The fourth-order valence-electron chi connectivity index (χ4n) is 1.68. The van der Waals surface area contributed by atoms with Gasteiger partial charge in [0.2, 0.25) is 0 Å². The van der Waals surface area contributed by atoms with Crippen molar-refractivity contribution in [3.05, 3.63) is 42.5 Å². The highest BCUT2D eigenvalue weighted by Crippen LogP contribution is 2.15. The lowest BCUT2D eigenvalue weighted by Crippen LogP contribution is -2.07. The number of hydrogen-bond donors (Lipinski definition) is 1. The molecule has 0 fully saturated rings. The second-order valence-corrected chi connectivity index (χ2v) is 6.40. The molecule has 0 bridgehead atoms. The van der Waals surface area contributed by atoms with Crippen LogP contribution in [0.5, 0.6) is 0 Å². The van der Waals surface area contributed by atoms with Crippen molar-refractivity contribution in [2.24, 2.45) is 0 Å². The molecule has 0 saturated heterocycles. The minimum Gasteiger partial charge on any atom is -0.478 e. The lowest BCUT2D eigenvalue weighted by atomic mass is 10.2. The first-order valence-electron chi connectivity index (χ1n) is 6.14. The van der Waals surface area contributed by atoms with Gasteiger partial charge in [-0.1, -0.05) is 12.5 Å². The minimum atomic E-state index is -3.31. The van der Waals surface area contributed by atoms with E-state index in [2.05, 4.69) is 6.58 Å². The highest BCUT2D eigenvalue weighted by Gasteiger charge is 2.14. The number of unbranched alkanes of at least 4 members (excludes halogenated alkanes) is 3. The third-order valence-electron chi connectivity index (χ3n) is 2.78. The van der Waals surface area contributed by atoms with Crippen molar-refractivity contribution in [1.29, 1.82) is 0 Å². The van der Waals surface area contributed by atoms with Gasteiger partial charge in [0.05, 0.1) is 16.2 Å². The lowest BCUT2D eigenvalue weighted by Gasteiger charge is -2.04. The van der Waals surface area contributed by atoms with Gasteiger partial charge in [-0.25, -0.2) is 13.2 Å². The summed E-state index contributed by atoms with van der Waals surface area (Å²) >= 11 is 0. The van der Waals surface area contributed by atoms with Gasteiger partial charge in [-0.2, -0.15) is 0 Å². The maximum atomic E-state index is 12.0. The van der Waals surface area contributed by atoms with E-state index in [0.717, 1.165) is 19.3 Å². The summed E-state index contributed by atoms with van der Waals surface area (Å²) in [5.41, 5.74) is 0.0879. The summed E-state index contributed by atoms with van der Waals surface area (Å²) in [6.45, 7) is 3.61. The normalized spacial score (nSPS) is 11.2. The molecule has 0 spiro atoms. The number of allylic oxidation sites excluding steroid dienone is 1. The van der Waals surface area contributed by atoms with Gasteiger partial charge >= 0.3 is 5.97 Å². The molecule has 0 aliphatic rings. The molecule has 1 aromatic carbocycles. The molecule has 0 amide bonds. The van der Waals surface area contributed by atoms with E-state index in [1.165, 1.54) is 24.3 Å². The summed E-state index contributed by atoms with van der Waals surface area (Å²) < 4.78 is 24.0. The van der Waals surface area contributed by atoms with E-state index in [1.807, 2.05) is 6.08 Å². The maximum Gasteiger partial charge on any atom is 0.335 e. The number of carboxylic acid groups (broad SMARTS) is 1. The van der Waals surface area contributed by atoms with Gasteiger partial charge in [-0.05, 0) is 43.5 Å². The number of sulfone groups is 1. The van der Waals surface area contributed by atoms with Crippen LogP contribution in [0.2, 0.25) is 0 Å². The Kier molecular flexibility index (Phi) is 5.76. The van der Waals surface area contributed by atoms with Gasteiger partial charge in [0.25, 0.3) is 0 Å². The first-order chi connectivity index (χ1) is 8.97. The Bertz CT molecular complexity index is 529. The van der Waals surface area contributed by atoms with Gasteiger partial charge in [-0.3, -0.25) is 0 Å². The van der Waals surface area contributed by atoms with Crippen LogP contribution in [-0.4, -0.2) is 25.2 Å². The molecule has 0 radical (unpaired) electrons. The Labute approximate surface area is 113 Å². The number of hydrogen-bond acceptors (Lipinski definition) is 3. The Morgan fingerprint density at radius 3 is 2.32 bits per heavy atom. The van der Waals surface area contributed by atoms with Gasteiger partial charge in [0.1, 0.15) is 0 Å². The number of benzene rings is 1. The maximum absolute atomic E-state index is 12.0. The predicted molar refractivity (Wildman–Crippen MR) is 74.1 cm³/mol. The predicted octanol–water partition coefficient (Wildman–Crippen LogP) is 2.90. The molecule has 0 aliphatic carbocycles. The molecule has 1 N–H and O–H groups in total. The quantitative estimate of drug-likeness (QED) is 0.588. The molecule has 1 rings (SSSR count). The van der Waals surface area contributed by atoms with E-state index < -0.39 is 15.8 Å². The number of carboxylic acids is 1. The Balaban J connectivity index is 2.61. The Hall–Kier alpha value is -1.62. The molecule has 0 aliphatic heterocycles. The number of aromatic carboxylic acids is 1. The van der Waals surface area contributed by atoms with E-state index in [0.29, 0.717) is 6.42 Å². The molecule has 19 heavy (non-hydrogen) atoms. The Morgan fingerprint density at radius 1 is 1.16 bits per heavy atom. The van der Waals surface area contributed by atoms with Gasteiger partial charge in [-0.15, -0.1) is 6.58 Å². The van der Waals surface area contributed by atoms with Crippen LogP contribution < -0.4 is 0 Å². The smallest absolute Gasteiger partial charge is 0.335 e. The fraction of sp³-hybridized carbons (Fsp3) is 0.357. The zero-order chi connectivity index (χ0) is 14.3. The molecule has 0 atom stereocenters. The first-order valence-corrected chi connectivity index (χ1v) is 7.79. The average molecular weight is 282 g/mol. The Morgan fingerprint density at radius 2 is 1.79 bits per heavy atom. The summed E-state index contributed by atoms with van der Waals surface area (Å²) in [6, 6.07) is 5.32. The largest absolute Gasteiger partial charge is 0.478 e. The van der Waals surface area contributed by atoms with Crippen LogP contribution in [0.15, 0.2) is 41.8 Å². The summed E-state index contributed by atoms with van der Waals surface area (Å²) in [5, 5.41) is 8.74. The zero-order valence-electron chi connectivity index (χ0n) is 10.7. The van der Waals surface area contributed by atoms with Crippen molar-refractivity contribution in [3.8, 4) is 0 Å². The fourth-order valence-corrected chi connectivity index (χ4v) is 3.05. The molecular weight excluding hydrogens is 264 g/mol.